The van der Waals surface area contributed by atoms with Gasteiger partial charge in [0, 0.05) is 5.69 Å². The first-order valence-electron chi connectivity index (χ1n) is 5.25. The first-order chi connectivity index (χ1) is 8.61. The zero-order valence-corrected chi connectivity index (χ0v) is 9.42. The van der Waals surface area contributed by atoms with Crippen LogP contribution in [-0.2, 0) is 0 Å². The van der Waals surface area contributed by atoms with E-state index < -0.39 is 5.97 Å². The maximum Gasteiger partial charge on any atom is 0.337 e. The minimum atomic E-state index is -1.06. The van der Waals surface area contributed by atoms with Gasteiger partial charge >= 0.3 is 5.97 Å². The highest BCUT2D eigenvalue weighted by Crippen LogP contribution is 2.24. The number of nitrogens with two attached hydrogens (primary N) is 1. The quantitative estimate of drug-likeness (QED) is 0.787. The fourth-order valence-electron chi connectivity index (χ4n) is 1.69. The smallest absolute Gasteiger partial charge is 0.337 e. The summed E-state index contributed by atoms with van der Waals surface area (Å²) in [6, 6.07) is 13.8. The van der Waals surface area contributed by atoms with E-state index in [0.29, 0.717) is 5.56 Å². The maximum absolute atomic E-state index is 11.0. The highest BCUT2D eigenvalue weighted by molar-refractivity contribution is 5.95. The highest BCUT2D eigenvalue weighted by atomic mass is 16.4. The summed E-state index contributed by atoms with van der Waals surface area (Å²) in [5.41, 5.74) is 7.92. The molecule has 0 heterocycles. The number of carbonyl (C=O) groups is 1. The Balaban J connectivity index is 2.54. The van der Waals surface area contributed by atoms with Crippen molar-refractivity contribution in [2.45, 2.75) is 0 Å². The van der Waals surface area contributed by atoms with Gasteiger partial charge in [-0.25, -0.2) is 4.79 Å². The molecule has 0 unspecified atom stereocenters. The molecular weight excluding hydrogens is 228 g/mol. The summed E-state index contributed by atoms with van der Waals surface area (Å²) < 4.78 is 0. The Morgan fingerprint density at radius 3 is 2.56 bits per heavy atom. The topological polar surface area (TPSA) is 87.1 Å². The van der Waals surface area contributed by atoms with Crippen molar-refractivity contribution < 1.29 is 9.90 Å². The van der Waals surface area contributed by atoms with Crippen LogP contribution in [0.3, 0.4) is 0 Å². The number of hydrogen-bond acceptors (Lipinski definition) is 3. The molecule has 4 heteroatoms. The lowest BCUT2D eigenvalue weighted by Gasteiger charge is -2.06. The molecule has 18 heavy (non-hydrogen) atoms. The Morgan fingerprint density at radius 1 is 1.17 bits per heavy atom. The van der Waals surface area contributed by atoms with Crippen LogP contribution in [0.4, 0.5) is 5.69 Å². The first kappa shape index (κ1) is 11.7. The van der Waals surface area contributed by atoms with Crippen LogP contribution in [0.5, 0.6) is 0 Å². The Labute approximate surface area is 104 Å². The van der Waals surface area contributed by atoms with Crippen molar-refractivity contribution in [2.75, 3.05) is 5.73 Å². The lowest BCUT2D eigenvalue weighted by Crippen LogP contribution is -2.02. The van der Waals surface area contributed by atoms with Crippen molar-refractivity contribution in [3.8, 4) is 17.2 Å². The second kappa shape index (κ2) is 4.60. The van der Waals surface area contributed by atoms with Crippen LogP contribution in [0.1, 0.15) is 15.9 Å². The summed E-state index contributed by atoms with van der Waals surface area (Å²) in [5, 5.41) is 17.8. The Kier molecular flexibility index (Phi) is 2.98. The van der Waals surface area contributed by atoms with Gasteiger partial charge in [-0.2, -0.15) is 5.26 Å². The number of benzene rings is 2. The van der Waals surface area contributed by atoms with Crippen LogP contribution in [-0.4, -0.2) is 11.1 Å². The second-order valence-electron chi connectivity index (χ2n) is 3.80. The molecule has 3 N–H and O–H groups in total. The molecular formula is C14H10N2O2. The van der Waals surface area contributed by atoms with Gasteiger partial charge in [0.15, 0.2) is 0 Å². The largest absolute Gasteiger partial charge is 0.478 e. The minimum absolute atomic E-state index is 0.0647. The summed E-state index contributed by atoms with van der Waals surface area (Å²) in [4.78, 5) is 11.0. The van der Waals surface area contributed by atoms with Gasteiger partial charge in [0.2, 0.25) is 0 Å². The molecule has 0 radical (unpaired) electrons. The first-order valence-corrected chi connectivity index (χ1v) is 5.25. The number of hydrogen-bond donors (Lipinski definition) is 2. The van der Waals surface area contributed by atoms with Crippen molar-refractivity contribution in [1.29, 1.82) is 5.26 Å². The molecule has 0 aromatic heterocycles. The van der Waals surface area contributed by atoms with E-state index in [0.717, 1.165) is 11.1 Å². The molecule has 4 nitrogen and oxygen atoms in total. The molecule has 0 aliphatic rings. The van der Waals surface area contributed by atoms with E-state index in [2.05, 4.69) is 0 Å². The van der Waals surface area contributed by atoms with Gasteiger partial charge in [0.25, 0.3) is 0 Å². The van der Waals surface area contributed by atoms with Gasteiger partial charge in [-0.3, -0.25) is 0 Å². The SMILES string of the molecule is N#Cc1cccc(-c2ccc(N)c(C(=O)O)c2)c1. The molecule has 0 amide bonds. The van der Waals surface area contributed by atoms with Crippen molar-refractivity contribution >= 4 is 11.7 Å². The highest BCUT2D eigenvalue weighted by Gasteiger charge is 2.09. The van der Waals surface area contributed by atoms with E-state index in [-0.39, 0.29) is 11.3 Å². The fourth-order valence-corrected chi connectivity index (χ4v) is 1.69. The lowest BCUT2D eigenvalue weighted by molar-refractivity contribution is 0.0698. The third-order valence-electron chi connectivity index (χ3n) is 2.61. The molecule has 0 bridgehead atoms. The zero-order chi connectivity index (χ0) is 13.1. The molecule has 0 saturated carbocycles. The molecule has 0 saturated heterocycles. The third kappa shape index (κ3) is 2.15. The van der Waals surface area contributed by atoms with Crippen LogP contribution in [0.2, 0.25) is 0 Å². The van der Waals surface area contributed by atoms with Crippen molar-refractivity contribution in [1.82, 2.24) is 0 Å². The Bertz CT molecular complexity index is 657. The standard InChI is InChI=1S/C14H10N2O2/c15-8-9-2-1-3-10(6-9)11-4-5-13(16)12(7-11)14(17)18/h1-7H,16H2,(H,17,18). The van der Waals surface area contributed by atoms with Crippen molar-refractivity contribution in [2.24, 2.45) is 0 Å². The van der Waals surface area contributed by atoms with E-state index in [1.165, 1.54) is 6.07 Å². The van der Waals surface area contributed by atoms with E-state index >= 15 is 0 Å². The molecule has 0 aliphatic heterocycles. The van der Waals surface area contributed by atoms with E-state index in [9.17, 15) is 4.79 Å². The number of anilines is 1. The maximum atomic E-state index is 11.0. The minimum Gasteiger partial charge on any atom is -0.478 e. The number of nitriles is 1. The third-order valence-corrected chi connectivity index (χ3v) is 2.61. The second-order valence-corrected chi connectivity index (χ2v) is 3.80. The van der Waals surface area contributed by atoms with Gasteiger partial charge in [0.1, 0.15) is 0 Å². The molecule has 2 rings (SSSR count). The van der Waals surface area contributed by atoms with Crippen LogP contribution < -0.4 is 5.73 Å². The van der Waals surface area contributed by atoms with E-state index in [4.69, 9.17) is 16.1 Å². The summed E-state index contributed by atoms with van der Waals surface area (Å²) in [6.45, 7) is 0. The summed E-state index contributed by atoms with van der Waals surface area (Å²) in [6.07, 6.45) is 0. The van der Waals surface area contributed by atoms with Gasteiger partial charge in [-0.05, 0) is 35.4 Å². The van der Waals surface area contributed by atoms with Crippen LogP contribution in [0.15, 0.2) is 42.5 Å². The molecule has 88 valence electrons. The number of rotatable bonds is 2. The number of aromatic carboxylic acids is 1. The average molecular weight is 238 g/mol. The fraction of sp³-hybridized carbons (Fsp3) is 0. The predicted molar refractivity (Wildman–Crippen MR) is 68.0 cm³/mol. The van der Waals surface area contributed by atoms with Crippen LogP contribution in [0.25, 0.3) is 11.1 Å². The summed E-state index contributed by atoms with van der Waals surface area (Å²) >= 11 is 0. The van der Waals surface area contributed by atoms with Crippen LogP contribution in [0, 0.1) is 11.3 Å². The molecule has 0 aliphatic carbocycles. The number of carboxylic acids is 1. The predicted octanol–water partition coefficient (Wildman–Crippen LogP) is 2.51. The monoisotopic (exact) mass is 238 g/mol. The molecule has 2 aromatic rings. The number of nitrogens with zero attached hydrogens (tertiary/aromatic N) is 1. The lowest BCUT2D eigenvalue weighted by atomic mass is 10.0. The number of nitrogen functional groups attached to an aromatic ring is 1. The van der Waals surface area contributed by atoms with E-state index in [1.807, 2.05) is 12.1 Å². The average Bonchev–Trinajstić information content (AvgIpc) is 2.39. The van der Waals surface area contributed by atoms with Crippen LogP contribution >= 0.6 is 0 Å². The summed E-state index contributed by atoms with van der Waals surface area (Å²) in [7, 11) is 0. The van der Waals surface area contributed by atoms with Gasteiger partial charge in [0.05, 0.1) is 17.2 Å². The normalized spacial score (nSPS) is 9.72. The summed E-state index contributed by atoms with van der Waals surface area (Å²) in [5.74, 6) is -1.06. The van der Waals surface area contributed by atoms with E-state index in [1.54, 1.807) is 30.3 Å². The number of carboxylic acid groups (broad SMARTS) is 1. The molecule has 0 atom stereocenters. The van der Waals surface area contributed by atoms with Gasteiger partial charge in [-0.15, -0.1) is 0 Å². The van der Waals surface area contributed by atoms with Gasteiger partial charge in [-0.1, -0.05) is 18.2 Å². The van der Waals surface area contributed by atoms with Crippen molar-refractivity contribution in [3.63, 3.8) is 0 Å². The molecule has 0 spiro atoms. The Hall–Kier alpha value is -2.80. The molecule has 0 fully saturated rings. The van der Waals surface area contributed by atoms with Crippen molar-refractivity contribution in [3.05, 3.63) is 53.6 Å². The Morgan fingerprint density at radius 2 is 1.89 bits per heavy atom. The van der Waals surface area contributed by atoms with Gasteiger partial charge < -0.3 is 10.8 Å². The zero-order valence-electron chi connectivity index (χ0n) is 9.42. The molecule has 2 aromatic carbocycles.